The minimum atomic E-state index is 0.0655. The van der Waals surface area contributed by atoms with Gasteiger partial charge in [-0.25, -0.2) is 0 Å². The van der Waals surface area contributed by atoms with E-state index in [9.17, 15) is 5.11 Å². The predicted molar refractivity (Wildman–Crippen MR) is 72.7 cm³/mol. The molecule has 1 heterocycles. The highest BCUT2D eigenvalue weighted by Gasteiger charge is 2.31. The summed E-state index contributed by atoms with van der Waals surface area (Å²) >= 11 is 0. The summed E-state index contributed by atoms with van der Waals surface area (Å²) in [6, 6.07) is 6.60. The topological polar surface area (TPSA) is 32.3 Å². The molecule has 2 N–H and O–H groups in total. The van der Waals surface area contributed by atoms with Gasteiger partial charge in [0, 0.05) is 17.1 Å². The highest BCUT2D eigenvalue weighted by molar-refractivity contribution is 5.59. The molecule has 1 aliphatic heterocycles. The maximum Gasteiger partial charge on any atom is 0.0501 e. The number of hydrogen-bond donors (Lipinski definition) is 2. The van der Waals surface area contributed by atoms with Crippen LogP contribution in [0.5, 0.6) is 0 Å². The Morgan fingerprint density at radius 1 is 1.41 bits per heavy atom. The number of fused-ring (bicyclic) bond motifs is 1. The predicted octanol–water partition coefficient (Wildman–Crippen LogP) is 3.48. The Labute approximate surface area is 104 Å². The molecule has 2 heteroatoms. The van der Waals surface area contributed by atoms with E-state index < -0.39 is 0 Å². The molecule has 1 atom stereocenters. The summed E-state index contributed by atoms with van der Waals surface area (Å²) in [6.07, 6.45) is 0.984. The zero-order chi connectivity index (χ0) is 12.6. The lowest BCUT2D eigenvalue weighted by Crippen LogP contribution is -2.38. The fourth-order valence-electron chi connectivity index (χ4n) is 2.70. The Morgan fingerprint density at radius 3 is 2.71 bits per heavy atom. The summed E-state index contributed by atoms with van der Waals surface area (Å²) in [7, 11) is 0. The van der Waals surface area contributed by atoms with E-state index in [2.05, 4.69) is 51.2 Å². The third-order valence-corrected chi connectivity index (χ3v) is 3.63. The van der Waals surface area contributed by atoms with Gasteiger partial charge in [-0.15, -0.1) is 0 Å². The highest BCUT2D eigenvalue weighted by atomic mass is 16.3. The first-order valence-electron chi connectivity index (χ1n) is 6.46. The van der Waals surface area contributed by atoms with Crippen molar-refractivity contribution in [1.82, 2.24) is 0 Å². The molecule has 0 amide bonds. The van der Waals surface area contributed by atoms with Gasteiger partial charge < -0.3 is 10.4 Å². The van der Waals surface area contributed by atoms with Gasteiger partial charge in [0.15, 0.2) is 0 Å². The molecule has 0 spiro atoms. The van der Waals surface area contributed by atoms with E-state index in [1.54, 1.807) is 0 Å². The maximum atomic E-state index is 9.52. The molecule has 0 saturated carbocycles. The molecule has 0 bridgehead atoms. The number of rotatable bonds is 2. The normalized spacial score (nSPS) is 22.1. The number of anilines is 1. The van der Waals surface area contributed by atoms with Crippen LogP contribution in [0, 0.1) is 0 Å². The lowest BCUT2D eigenvalue weighted by Gasteiger charge is -2.38. The number of nitrogens with one attached hydrogen (secondary N) is 1. The quantitative estimate of drug-likeness (QED) is 0.819. The maximum absolute atomic E-state index is 9.52. The van der Waals surface area contributed by atoms with E-state index >= 15 is 0 Å². The van der Waals surface area contributed by atoms with E-state index in [1.807, 2.05) is 0 Å². The number of aliphatic hydroxyl groups is 1. The summed E-state index contributed by atoms with van der Waals surface area (Å²) < 4.78 is 0. The minimum Gasteiger partial charge on any atom is -0.396 e. The van der Waals surface area contributed by atoms with Gasteiger partial charge in [-0.2, -0.15) is 0 Å². The van der Waals surface area contributed by atoms with Crippen LogP contribution >= 0.6 is 0 Å². The molecular weight excluding hydrogens is 210 g/mol. The van der Waals surface area contributed by atoms with Gasteiger partial charge in [-0.1, -0.05) is 26.0 Å². The Hall–Kier alpha value is -1.02. The molecule has 0 aliphatic carbocycles. The van der Waals surface area contributed by atoms with Crippen molar-refractivity contribution in [2.24, 2.45) is 0 Å². The van der Waals surface area contributed by atoms with Crippen molar-refractivity contribution < 1.29 is 5.11 Å². The van der Waals surface area contributed by atoms with Gasteiger partial charge >= 0.3 is 0 Å². The fraction of sp³-hybridized carbons (Fsp3) is 0.600. The standard InChI is InChI=1S/C15H23NO/c1-10(2)11-5-6-13-12(9-17)8-15(3,4)16-14(13)7-11/h5-7,10,12,16-17H,8-9H2,1-4H3. The first-order valence-corrected chi connectivity index (χ1v) is 6.46. The van der Waals surface area contributed by atoms with Gasteiger partial charge in [0.25, 0.3) is 0 Å². The van der Waals surface area contributed by atoms with Crippen LogP contribution in [0.2, 0.25) is 0 Å². The van der Waals surface area contributed by atoms with Crippen molar-refractivity contribution in [1.29, 1.82) is 0 Å². The molecule has 2 rings (SSSR count). The van der Waals surface area contributed by atoms with E-state index in [-0.39, 0.29) is 18.1 Å². The average Bonchev–Trinajstić information content (AvgIpc) is 2.25. The zero-order valence-corrected chi connectivity index (χ0v) is 11.2. The molecule has 1 unspecified atom stereocenters. The fourth-order valence-corrected chi connectivity index (χ4v) is 2.70. The second-order valence-corrected chi connectivity index (χ2v) is 6.09. The summed E-state index contributed by atoms with van der Waals surface area (Å²) in [5.74, 6) is 0.808. The Morgan fingerprint density at radius 2 is 2.12 bits per heavy atom. The Kier molecular flexibility index (Phi) is 3.17. The SMILES string of the molecule is CC(C)c1ccc2c(c1)NC(C)(C)CC2CO. The minimum absolute atomic E-state index is 0.0655. The van der Waals surface area contributed by atoms with Crippen molar-refractivity contribution in [2.45, 2.75) is 51.5 Å². The second kappa shape index (κ2) is 4.34. The molecule has 1 aromatic rings. The van der Waals surface area contributed by atoms with Crippen LogP contribution in [-0.4, -0.2) is 17.3 Å². The monoisotopic (exact) mass is 233 g/mol. The first-order chi connectivity index (χ1) is 7.93. The second-order valence-electron chi connectivity index (χ2n) is 6.09. The molecule has 17 heavy (non-hydrogen) atoms. The third kappa shape index (κ3) is 2.47. The summed E-state index contributed by atoms with van der Waals surface area (Å²) in [5.41, 5.74) is 3.88. The molecule has 1 aliphatic rings. The lowest BCUT2D eigenvalue weighted by atomic mass is 9.80. The summed E-state index contributed by atoms with van der Waals surface area (Å²) in [4.78, 5) is 0. The highest BCUT2D eigenvalue weighted by Crippen LogP contribution is 2.39. The van der Waals surface area contributed by atoms with Crippen LogP contribution in [-0.2, 0) is 0 Å². The molecule has 2 nitrogen and oxygen atoms in total. The van der Waals surface area contributed by atoms with Gasteiger partial charge in [-0.05, 0) is 43.4 Å². The van der Waals surface area contributed by atoms with Crippen LogP contribution in [0.1, 0.15) is 57.1 Å². The van der Waals surface area contributed by atoms with Crippen LogP contribution < -0.4 is 5.32 Å². The summed E-state index contributed by atoms with van der Waals surface area (Å²) in [6.45, 7) is 9.04. The number of benzene rings is 1. The molecule has 0 saturated heterocycles. The van der Waals surface area contributed by atoms with E-state index in [4.69, 9.17) is 0 Å². The Balaban J connectivity index is 2.43. The summed E-state index contributed by atoms with van der Waals surface area (Å²) in [5, 5.41) is 13.1. The third-order valence-electron chi connectivity index (χ3n) is 3.63. The zero-order valence-electron chi connectivity index (χ0n) is 11.2. The molecular formula is C15H23NO. The van der Waals surface area contributed by atoms with Crippen molar-refractivity contribution in [2.75, 3.05) is 11.9 Å². The Bertz CT molecular complexity index is 409. The van der Waals surface area contributed by atoms with Crippen LogP contribution in [0.4, 0.5) is 5.69 Å². The molecule has 94 valence electrons. The smallest absolute Gasteiger partial charge is 0.0501 e. The largest absolute Gasteiger partial charge is 0.396 e. The first kappa shape index (κ1) is 12.4. The molecule has 0 aromatic heterocycles. The van der Waals surface area contributed by atoms with Crippen molar-refractivity contribution >= 4 is 5.69 Å². The van der Waals surface area contributed by atoms with Gasteiger partial charge in [-0.3, -0.25) is 0 Å². The van der Waals surface area contributed by atoms with Gasteiger partial charge in [0.05, 0.1) is 6.61 Å². The molecule has 0 radical (unpaired) electrons. The van der Waals surface area contributed by atoms with E-state index in [1.165, 1.54) is 16.8 Å². The molecule has 1 aromatic carbocycles. The van der Waals surface area contributed by atoms with Crippen LogP contribution in [0.15, 0.2) is 18.2 Å². The van der Waals surface area contributed by atoms with E-state index in [0.717, 1.165) is 6.42 Å². The average molecular weight is 233 g/mol. The van der Waals surface area contributed by atoms with Crippen molar-refractivity contribution in [3.8, 4) is 0 Å². The lowest BCUT2D eigenvalue weighted by molar-refractivity contribution is 0.241. The van der Waals surface area contributed by atoms with Crippen LogP contribution in [0.3, 0.4) is 0 Å². The molecule has 0 fully saturated rings. The van der Waals surface area contributed by atoms with Crippen molar-refractivity contribution in [3.63, 3.8) is 0 Å². The number of hydrogen-bond acceptors (Lipinski definition) is 2. The number of aliphatic hydroxyl groups excluding tert-OH is 1. The van der Waals surface area contributed by atoms with Gasteiger partial charge in [0.1, 0.15) is 0 Å². The van der Waals surface area contributed by atoms with Crippen LogP contribution in [0.25, 0.3) is 0 Å². The van der Waals surface area contributed by atoms with E-state index in [0.29, 0.717) is 5.92 Å². The van der Waals surface area contributed by atoms with Gasteiger partial charge in [0.2, 0.25) is 0 Å². The van der Waals surface area contributed by atoms with Crippen molar-refractivity contribution in [3.05, 3.63) is 29.3 Å².